The second-order valence-electron chi connectivity index (χ2n) is 6.69. The summed E-state index contributed by atoms with van der Waals surface area (Å²) in [6, 6.07) is 10.5. The molecule has 2 amide bonds. The van der Waals surface area contributed by atoms with Crippen LogP contribution in [0.25, 0.3) is 11.0 Å². The molecule has 0 radical (unpaired) electrons. The maximum atomic E-state index is 12.8. The normalized spacial score (nSPS) is 14.0. The molecule has 1 saturated heterocycles. The maximum Gasteiger partial charge on any atom is 0.291 e. The van der Waals surface area contributed by atoms with E-state index in [1.165, 1.54) is 0 Å². The van der Waals surface area contributed by atoms with Crippen LogP contribution in [0, 0.1) is 6.92 Å². The summed E-state index contributed by atoms with van der Waals surface area (Å²) in [7, 11) is 1.56. The van der Waals surface area contributed by atoms with Gasteiger partial charge in [0.05, 0.1) is 12.8 Å². The number of hydrogen-bond donors (Lipinski definition) is 1. The summed E-state index contributed by atoms with van der Waals surface area (Å²) < 4.78 is 11.1. The van der Waals surface area contributed by atoms with Crippen molar-refractivity contribution in [2.24, 2.45) is 0 Å². The van der Waals surface area contributed by atoms with Gasteiger partial charge >= 0.3 is 0 Å². The van der Waals surface area contributed by atoms with Crippen LogP contribution in [0.5, 0.6) is 5.75 Å². The van der Waals surface area contributed by atoms with Crippen molar-refractivity contribution < 1.29 is 18.7 Å². The minimum absolute atomic E-state index is 0.0479. The van der Waals surface area contributed by atoms with Crippen LogP contribution in [-0.2, 0) is 4.79 Å². The summed E-state index contributed by atoms with van der Waals surface area (Å²) in [4.78, 5) is 26.6. The van der Waals surface area contributed by atoms with Crippen molar-refractivity contribution in [3.05, 3.63) is 52.7 Å². The second-order valence-corrected chi connectivity index (χ2v) is 7.12. The number of furan rings is 1. The lowest BCUT2D eigenvalue weighted by Gasteiger charge is -2.20. The highest BCUT2D eigenvalue weighted by Gasteiger charge is 2.25. The fraction of sp³-hybridized carbons (Fsp3) is 0.238. The standard InChI is InChI=1S/C21H19ClN2O4/c1-12-15-10-13(22)5-7-17(15)28-20(12)21(26)23-14-6-8-18(27-2)16(11-14)24-9-3-4-19(24)25/h5-8,10-11H,3-4,9H2,1-2H3,(H,23,26). The van der Waals surface area contributed by atoms with Gasteiger partial charge in [-0.3, -0.25) is 9.59 Å². The van der Waals surface area contributed by atoms with Crippen molar-refractivity contribution in [2.75, 3.05) is 23.9 Å². The number of aryl methyl sites for hydroxylation is 1. The number of hydrogen-bond acceptors (Lipinski definition) is 4. The molecule has 28 heavy (non-hydrogen) atoms. The summed E-state index contributed by atoms with van der Waals surface area (Å²) in [6.07, 6.45) is 1.32. The lowest BCUT2D eigenvalue weighted by atomic mass is 10.1. The minimum Gasteiger partial charge on any atom is -0.495 e. The van der Waals surface area contributed by atoms with Gasteiger partial charge in [-0.05, 0) is 49.7 Å². The van der Waals surface area contributed by atoms with Gasteiger partial charge in [-0.1, -0.05) is 11.6 Å². The summed E-state index contributed by atoms with van der Waals surface area (Å²) in [5.41, 5.74) is 2.53. The predicted octanol–water partition coefficient (Wildman–Crippen LogP) is 4.78. The molecule has 6 nitrogen and oxygen atoms in total. The van der Waals surface area contributed by atoms with Crippen LogP contribution in [0.1, 0.15) is 29.0 Å². The van der Waals surface area contributed by atoms with E-state index in [4.69, 9.17) is 20.8 Å². The van der Waals surface area contributed by atoms with Crippen LogP contribution < -0.4 is 15.0 Å². The Morgan fingerprint density at radius 2 is 2.07 bits per heavy atom. The molecule has 1 aliphatic heterocycles. The summed E-state index contributed by atoms with van der Waals surface area (Å²) in [5, 5.41) is 4.23. The number of nitrogens with one attached hydrogen (secondary N) is 1. The van der Waals surface area contributed by atoms with Gasteiger partial charge in [0.25, 0.3) is 5.91 Å². The Balaban J connectivity index is 1.65. The minimum atomic E-state index is -0.367. The zero-order valence-electron chi connectivity index (χ0n) is 15.5. The number of ether oxygens (including phenoxy) is 1. The van der Waals surface area contributed by atoms with Crippen molar-refractivity contribution in [3.63, 3.8) is 0 Å². The van der Waals surface area contributed by atoms with Crippen molar-refractivity contribution in [2.45, 2.75) is 19.8 Å². The van der Waals surface area contributed by atoms with E-state index in [-0.39, 0.29) is 17.6 Å². The van der Waals surface area contributed by atoms with E-state index in [0.29, 0.717) is 40.7 Å². The molecular formula is C21H19ClN2O4. The Morgan fingerprint density at radius 1 is 1.25 bits per heavy atom. The number of rotatable bonds is 4. The molecule has 7 heteroatoms. The lowest BCUT2D eigenvalue weighted by Crippen LogP contribution is -2.24. The third kappa shape index (κ3) is 3.20. The Labute approximate surface area is 167 Å². The largest absolute Gasteiger partial charge is 0.495 e. The molecule has 4 rings (SSSR count). The number of amides is 2. The first kappa shape index (κ1) is 18.4. The molecule has 1 aromatic heterocycles. The average molecular weight is 399 g/mol. The zero-order chi connectivity index (χ0) is 19.8. The van der Waals surface area contributed by atoms with Crippen LogP contribution >= 0.6 is 11.6 Å². The molecule has 0 unspecified atom stereocenters. The molecule has 1 aliphatic rings. The molecule has 0 bridgehead atoms. The number of methoxy groups -OCH3 is 1. The Hall–Kier alpha value is -2.99. The molecule has 0 spiro atoms. The molecule has 1 fully saturated rings. The van der Waals surface area contributed by atoms with Crippen LogP contribution in [0.3, 0.4) is 0 Å². The number of nitrogens with zero attached hydrogens (tertiary/aromatic N) is 1. The lowest BCUT2D eigenvalue weighted by molar-refractivity contribution is -0.117. The molecule has 0 aliphatic carbocycles. The van der Waals surface area contributed by atoms with Crippen molar-refractivity contribution in [1.82, 2.24) is 0 Å². The highest BCUT2D eigenvalue weighted by molar-refractivity contribution is 6.31. The smallest absolute Gasteiger partial charge is 0.291 e. The quantitative estimate of drug-likeness (QED) is 0.686. The van der Waals surface area contributed by atoms with Crippen molar-refractivity contribution in [3.8, 4) is 5.75 Å². The first-order valence-electron chi connectivity index (χ1n) is 8.96. The molecule has 3 aromatic rings. The van der Waals surface area contributed by atoms with E-state index < -0.39 is 0 Å². The highest BCUT2D eigenvalue weighted by Crippen LogP contribution is 2.34. The molecule has 0 saturated carbocycles. The van der Waals surface area contributed by atoms with Gasteiger partial charge in [0, 0.05) is 34.6 Å². The van der Waals surface area contributed by atoms with Gasteiger partial charge in [-0.25, -0.2) is 0 Å². The summed E-state index contributed by atoms with van der Waals surface area (Å²) >= 11 is 6.04. The molecule has 2 aromatic carbocycles. The Kier molecular flexibility index (Phi) is 4.73. The number of carbonyl (C=O) groups excluding carboxylic acids is 2. The van der Waals surface area contributed by atoms with Crippen molar-refractivity contribution in [1.29, 1.82) is 0 Å². The van der Waals surface area contributed by atoms with Crippen LogP contribution in [-0.4, -0.2) is 25.5 Å². The zero-order valence-corrected chi connectivity index (χ0v) is 16.3. The molecule has 0 atom stereocenters. The first-order valence-corrected chi connectivity index (χ1v) is 9.34. The van der Waals surface area contributed by atoms with E-state index in [0.717, 1.165) is 17.4 Å². The highest BCUT2D eigenvalue weighted by atomic mass is 35.5. The van der Waals surface area contributed by atoms with E-state index in [1.807, 2.05) is 6.92 Å². The van der Waals surface area contributed by atoms with Gasteiger partial charge in [-0.2, -0.15) is 0 Å². The third-order valence-electron chi connectivity index (χ3n) is 4.91. The Bertz CT molecular complexity index is 1090. The van der Waals surface area contributed by atoms with Gasteiger partial charge < -0.3 is 19.4 Å². The number of fused-ring (bicyclic) bond motifs is 1. The van der Waals surface area contributed by atoms with E-state index in [9.17, 15) is 9.59 Å². The van der Waals surface area contributed by atoms with Gasteiger partial charge in [0.1, 0.15) is 11.3 Å². The SMILES string of the molecule is COc1ccc(NC(=O)c2oc3ccc(Cl)cc3c2C)cc1N1CCCC1=O. The molecular weight excluding hydrogens is 380 g/mol. The van der Waals surface area contributed by atoms with Gasteiger partial charge in [0.15, 0.2) is 5.76 Å². The third-order valence-corrected chi connectivity index (χ3v) is 5.14. The van der Waals surface area contributed by atoms with Crippen molar-refractivity contribution >= 4 is 45.8 Å². The predicted molar refractivity (Wildman–Crippen MR) is 108 cm³/mol. The number of halogens is 1. The molecule has 144 valence electrons. The average Bonchev–Trinajstić information content (AvgIpc) is 3.25. The van der Waals surface area contributed by atoms with Crippen LogP contribution in [0.4, 0.5) is 11.4 Å². The molecule has 2 heterocycles. The van der Waals surface area contributed by atoms with E-state index in [1.54, 1.807) is 48.4 Å². The van der Waals surface area contributed by atoms with E-state index in [2.05, 4.69) is 5.32 Å². The number of anilines is 2. The Morgan fingerprint density at radius 3 is 2.79 bits per heavy atom. The molecule has 1 N–H and O–H groups in total. The number of carbonyl (C=O) groups is 2. The fourth-order valence-electron chi connectivity index (χ4n) is 3.48. The second kappa shape index (κ2) is 7.20. The first-order chi connectivity index (χ1) is 13.5. The summed E-state index contributed by atoms with van der Waals surface area (Å²) in [6.45, 7) is 2.45. The van der Waals surface area contributed by atoms with Crippen LogP contribution in [0.2, 0.25) is 5.02 Å². The van der Waals surface area contributed by atoms with Gasteiger partial charge in [0.2, 0.25) is 5.91 Å². The summed E-state index contributed by atoms with van der Waals surface area (Å²) in [5.74, 6) is 0.496. The monoisotopic (exact) mass is 398 g/mol. The number of benzene rings is 2. The fourth-order valence-corrected chi connectivity index (χ4v) is 3.65. The topological polar surface area (TPSA) is 71.8 Å². The maximum absolute atomic E-state index is 12.8. The van der Waals surface area contributed by atoms with Crippen LogP contribution in [0.15, 0.2) is 40.8 Å². The van der Waals surface area contributed by atoms with E-state index >= 15 is 0 Å². The van der Waals surface area contributed by atoms with Gasteiger partial charge in [-0.15, -0.1) is 0 Å².